The standard InChI is InChI=1S/C19H26FN5O/c1-23(13-15-11-22-24(2)14-15)19(26)21-12-18(25-9-3-4-10-25)16-5-7-17(20)8-6-16/h5-8,11,14,18H,3-4,9-10,12-13H2,1-2H3,(H,21,26)/t18-/m1/s1. The van der Waals surface area contributed by atoms with Crippen molar-refractivity contribution in [3.63, 3.8) is 0 Å². The minimum absolute atomic E-state index is 0.0637. The Morgan fingerprint density at radius 2 is 2.00 bits per heavy atom. The highest BCUT2D eigenvalue weighted by atomic mass is 19.1. The Hall–Kier alpha value is -2.41. The molecular formula is C19H26FN5O. The maximum Gasteiger partial charge on any atom is 0.317 e. The van der Waals surface area contributed by atoms with Crippen molar-refractivity contribution in [1.29, 1.82) is 0 Å². The molecule has 1 aromatic carbocycles. The van der Waals surface area contributed by atoms with Gasteiger partial charge in [0.25, 0.3) is 0 Å². The molecule has 6 nitrogen and oxygen atoms in total. The number of aryl methyl sites for hydroxylation is 1. The number of benzene rings is 1. The molecule has 1 aliphatic heterocycles. The number of nitrogens with zero attached hydrogens (tertiary/aromatic N) is 4. The average Bonchev–Trinajstić information content (AvgIpc) is 3.28. The van der Waals surface area contributed by atoms with Crippen molar-refractivity contribution < 1.29 is 9.18 Å². The second kappa shape index (κ2) is 8.31. The van der Waals surface area contributed by atoms with Crippen LogP contribution in [0, 0.1) is 5.82 Å². The second-order valence-electron chi connectivity index (χ2n) is 6.87. The van der Waals surface area contributed by atoms with Gasteiger partial charge in [-0.05, 0) is 43.6 Å². The Morgan fingerprint density at radius 3 is 2.62 bits per heavy atom. The lowest BCUT2D eigenvalue weighted by atomic mass is 10.1. The van der Waals surface area contributed by atoms with E-state index in [9.17, 15) is 9.18 Å². The van der Waals surface area contributed by atoms with Crippen LogP contribution in [0.3, 0.4) is 0 Å². The van der Waals surface area contributed by atoms with E-state index in [0.717, 1.165) is 37.1 Å². The zero-order valence-corrected chi connectivity index (χ0v) is 15.4. The Labute approximate surface area is 153 Å². The molecule has 1 atom stereocenters. The first-order valence-electron chi connectivity index (χ1n) is 8.99. The number of likely N-dealkylation sites (tertiary alicyclic amines) is 1. The van der Waals surface area contributed by atoms with E-state index in [0.29, 0.717) is 13.1 Å². The highest BCUT2D eigenvalue weighted by Crippen LogP contribution is 2.24. The molecule has 2 aromatic rings. The van der Waals surface area contributed by atoms with Crippen molar-refractivity contribution in [2.24, 2.45) is 7.05 Å². The van der Waals surface area contributed by atoms with Crippen molar-refractivity contribution in [3.8, 4) is 0 Å². The Morgan fingerprint density at radius 1 is 1.31 bits per heavy atom. The van der Waals surface area contributed by atoms with Crippen LogP contribution in [-0.2, 0) is 13.6 Å². The first kappa shape index (κ1) is 18.4. The number of aromatic nitrogens is 2. The summed E-state index contributed by atoms with van der Waals surface area (Å²) in [6.07, 6.45) is 5.98. The largest absolute Gasteiger partial charge is 0.336 e. The third kappa shape index (κ3) is 4.60. The summed E-state index contributed by atoms with van der Waals surface area (Å²) >= 11 is 0. The number of carbonyl (C=O) groups is 1. The van der Waals surface area contributed by atoms with Gasteiger partial charge < -0.3 is 10.2 Å². The summed E-state index contributed by atoms with van der Waals surface area (Å²) in [7, 11) is 3.62. The highest BCUT2D eigenvalue weighted by molar-refractivity contribution is 5.73. The summed E-state index contributed by atoms with van der Waals surface area (Å²) in [4.78, 5) is 16.5. The first-order valence-corrected chi connectivity index (χ1v) is 8.99. The fourth-order valence-corrected chi connectivity index (χ4v) is 3.41. The summed E-state index contributed by atoms with van der Waals surface area (Å²) in [5.74, 6) is -0.242. The number of urea groups is 1. The quantitative estimate of drug-likeness (QED) is 0.862. The van der Waals surface area contributed by atoms with Crippen LogP contribution < -0.4 is 5.32 Å². The number of rotatable bonds is 6. The van der Waals surface area contributed by atoms with Crippen LogP contribution in [0.2, 0.25) is 0 Å². The molecular weight excluding hydrogens is 333 g/mol. The lowest BCUT2D eigenvalue weighted by Gasteiger charge is -2.29. The third-order valence-electron chi connectivity index (χ3n) is 4.81. The average molecular weight is 359 g/mol. The summed E-state index contributed by atoms with van der Waals surface area (Å²) in [6, 6.07) is 6.52. The SMILES string of the molecule is CN(Cc1cnn(C)c1)C(=O)NC[C@H](c1ccc(F)cc1)N1CCCC1. The van der Waals surface area contributed by atoms with Crippen LogP contribution in [0.5, 0.6) is 0 Å². The van der Waals surface area contributed by atoms with Gasteiger partial charge in [-0.1, -0.05) is 12.1 Å². The normalized spacial score (nSPS) is 15.8. The van der Waals surface area contributed by atoms with E-state index in [4.69, 9.17) is 0 Å². The lowest BCUT2D eigenvalue weighted by molar-refractivity contribution is 0.195. The molecule has 2 amide bonds. The summed E-state index contributed by atoms with van der Waals surface area (Å²) in [6.45, 7) is 3.01. The molecule has 0 unspecified atom stereocenters. The molecule has 1 fully saturated rings. The molecule has 0 aliphatic carbocycles. The molecule has 1 aliphatic rings. The maximum absolute atomic E-state index is 13.3. The Kier molecular flexibility index (Phi) is 5.88. The predicted molar refractivity (Wildman–Crippen MR) is 98.0 cm³/mol. The van der Waals surface area contributed by atoms with Crippen LogP contribution in [0.25, 0.3) is 0 Å². The molecule has 1 aromatic heterocycles. The predicted octanol–water partition coefficient (Wildman–Crippen LogP) is 2.54. The first-order chi connectivity index (χ1) is 12.5. The van der Waals surface area contributed by atoms with E-state index in [1.165, 1.54) is 12.1 Å². The number of carbonyl (C=O) groups excluding carboxylic acids is 1. The molecule has 0 saturated carbocycles. The lowest BCUT2D eigenvalue weighted by Crippen LogP contribution is -2.42. The summed E-state index contributed by atoms with van der Waals surface area (Å²) in [5, 5.41) is 7.15. The molecule has 26 heavy (non-hydrogen) atoms. The van der Waals surface area contributed by atoms with Gasteiger partial charge in [-0.2, -0.15) is 5.10 Å². The zero-order chi connectivity index (χ0) is 18.5. The molecule has 0 radical (unpaired) electrons. The van der Waals surface area contributed by atoms with Gasteiger partial charge in [0.1, 0.15) is 5.82 Å². The van der Waals surface area contributed by atoms with Gasteiger partial charge in [0, 0.05) is 32.4 Å². The molecule has 0 bridgehead atoms. The van der Waals surface area contributed by atoms with Crippen LogP contribution in [0.15, 0.2) is 36.7 Å². The van der Waals surface area contributed by atoms with E-state index >= 15 is 0 Å². The molecule has 1 saturated heterocycles. The summed E-state index contributed by atoms with van der Waals surface area (Å²) < 4.78 is 15.0. The van der Waals surface area contributed by atoms with Gasteiger partial charge in [-0.3, -0.25) is 9.58 Å². The Bertz CT molecular complexity index is 724. The number of hydrogen-bond donors (Lipinski definition) is 1. The van der Waals surface area contributed by atoms with Crippen molar-refractivity contribution >= 4 is 6.03 Å². The second-order valence-corrected chi connectivity index (χ2v) is 6.87. The zero-order valence-electron chi connectivity index (χ0n) is 15.4. The summed E-state index contributed by atoms with van der Waals surface area (Å²) in [5.41, 5.74) is 2.02. The molecule has 3 rings (SSSR count). The van der Waals surface area contributed by atoms with Gasteiger partial charge >= 0.3 is 6.03 Å². The van der Waals surface area contributed by atoms with Crippen LogP contribution in [-0.4, -0.2) is 52.3 Å². The van der Waals surface area contributed by atoms with E-state index in [2.05, 4.69) is 15.3 Å². The maximum atomic E-state index is 13.3. The van der Waals surface area contributed by atoms with Crippen LogP contribution in [0.1, 0.15) is 30.0 Å². The molecule has 1 N–H and O–H groups in total. The van der Waals surface area contributed by atoms with Gasteiger partial charge in [0.05, 0.1) is 18.8 Å². The van der Waals surface area contributed by atoms with Gasteiger partial charge in [0.2, 0.25) is 0 Å². The minimum Gasteiger partial charge on any atom is -0.336 e. The van der Waals surface area contributed by atoms with Gasteiger partial charge in [-0.15, -0.1) is 0 Å². The topological polar surface area (TPSA) is 53.4 Å². The van der Waals surface area contributed by atoms with E-state index in [-0.39, 0.29) is 17.9 Å². The van der Waals surface area contributed by atoms with Gasteiger partial charge in [0.15, 0.2) is 0 Å². The van der Waals surface area contributed by atoms with Crippen molar-refractivity contribution in [2.45, 2.75) is 25.4 Å². The van der Waals surface area contributed by atoms with E-state index < -0.39 is 0 Å². The number of hydrogen-bond acceptors (Lipinski definition) is 3. The molecule has 140 valence electrons. The van der Waals surface area contributed by atoms with Crippen molar-refractivity contribution in [1.82, 2.24) is 24.9 Å². The fourth-order valence-electron chi connectivity index (χ4n) is 3.41. The van der Waals surface area contributed by atoms with Crippen LogP contribution >= 0.6 is 0 Å². The monoisotopic (exact) mass is 359 g/mol. The van der Waals surface area contributed by atoms with Crippen LogP contribution in [0.4, 0.5) is 9.18 Å². The van der Waals surface area contributed by atoms with Crippen molar-refractivity contribution in [2.75, 3.05) is 26.7 Å². The number of halogens is 1. The Balaban J connectivity index is 1.61. The number of amides is 2. The van der Waals surface area contributed by atoms with E-state index in [1.807, 2.05) is 25.4 Å². The smallest absolute Gasteiger partial charge is 0.317 e. The van der Waals surface area contributed by atoms with Crippen molar-refractivity contribution in [3.05, 3.63) is 53.6 Å². The highest BCUT2D eigenvalue weighted by Gasteiger charge is 2.24. The molecule has 2 heterocycles. The third-order valence-corrected chi connectivity index (χ3v) is 4.81. The molecule has 0 spiro atoms. The minimum atomic E-state index is -0.242. The fraction of sp³-hybridized carbons (Fsp3) is 0.474. The molecule has 7 heteroatoms. The van der Waals surface area contributed by atoms with Gasteiger partial charge in [-0.25, -0.2) is 9.18 Å². The van der Waals surface area contributed by atoms with E-state index in [1.54, 1.807) is 22.8 Å². The number of nitrogens with one attached hydrogen (secondary N) is 1.